The van der Waals surface area contributed by atoms with Gasteiger partial charge in [-0.1, -0.05) is 0 Å². The van der Waals surface area contributed by atoms with Gasteiger partial charge in [-0.2, -0.15) is 0 Å². The molecule has 5 heteroatoms. The van der Waals surface area contributed by atoms with Crippen molar-refractivity contribution in [3.05, 3.63) is 36.0 Å². The first-order valence-corrected chi connectivity index (χ1v) is 6.26. The van der Waals surface area contributed by atoms with Crippen LogP contribution in [0.1, 0.15) is 5.56 Å². The summed E-state index contributed by atoms with van der Waals surface area (Å²) in [6.07, 6.45) is 1.76. The number of imidazole rings is 1. The molecule has 0 fully saturated rings. The van der Waals surface area contributed by atoms with Crippen molar-refractivity contribution in [2.24, 2.45) is 0 Å². The molecule has 2 aromatic heterocycles. The number of H-pyrrole nitrogens is 1. The highest BCUT2D eigenvalue weighted by atomic mass is 16.5. The molecular weight excluding hydrogens is 254 g/mol. The minimum Gasteiger partial charge on any atom is -0.497 e. The van der Waals surface area contributed by atoms with Crippen LogP contribution in [-0.4, -0.2) is 29.2 Å². The summed E-state index contributed by atoms with van der Waals surface area (Å²) >= 11 is 0. The summed E-state index contributed by atoms with van der Waals surface area (Å²) in [5.41, 5.74) is 3.67. The molecule has 1 N–H and O–H groups in total. The number of pyridine rings is 1. The van der Waals surface area contributed by atoms with Crippen LogP contribution < -0.4 is 9.47 Å². The quantitative estimate of drug-likeness (QED) is 0.794. The van der Waals surface area contributed by atoms with Gasteiger partial charge in [0.05, 0.1) is 19.7 Å². The number of benzene rings is 1. The molecule has 102 valence electrons. The van der Waals surface area contributed by atoms with Gasteiger partial charge in [0, 0.05) is 17.8 Å². The van der Waals surface area contributed by atoms with Crippen molar-refractivity contribution in [3.8, 4) is 22.9 Å². The van der Waals surface area contributed by atoms with Crippen LogP contribution in [0, 0.1) is 6.92 Å². The smallest absolute Gasteiger partial charge is 0.178 e. The van der Waals surface area contributed by atoms with Crippen LogP contribution in [0.25, 0.3) is 22.6 Å². The first-order valence-electron chi connectivity index (χ1n) is 6.26. The molecule has 5 nitrogen and oxygen atoms in total. The van der Waals surface area contributed by atoms with Gasteiger partial charge in [0.2, 0.25) is 0 Å². The number of fused-ring (bicyclic) bond motifs is 1. The maximum atomic E-state index is 5.28. The molecule has 0 aliphatic carbocycles. The van der Waals surface area contributed by atoms with Gasteiger partial charge in [-0.3, -0.25) is 0 Å². The standard InChI is InChI=1S/C15H15N3O2/c1-9-4-5-16-15-13(9)17-14(18-15)10-6-11(19-2)8-12(7-10)20-3/h4-8H,1-3H3,(H,16,17,18). The zero-order chi connectivity index (χ0) is 14.1. The normalized spacial score (nSPS) is 10.8. The molecule has 3 aromatic rings. The van der Waals surface area contributed by atoms with Gasteiger partial charge in [0.1, 0.15) is 17.3 Å². The second-order valence-electron chi connectivity index (χ2n) is 4.51. The van der Waals surface area contributed by atoms with Crippen LogP contribution >= 0.6 is 0 Å². The number of hydrogen-bond donors (Lipinski definition) is 1. The summed E-state index contributed by atoms with van der Waals surface area (Å²) in [4.78, 5) is 12.1. The largest absolute Gasteiger partial charge is 0.497 e. The lowest BCUT2D eigenvalue weighted by Crippen LogP contribution is -1.89. The zero-order valence-corrected chi connectivity index (χ0v) is 11.6. The lowest BCUT2D eigenvalue weighted by molar-refractivity contribution is 0.394. The molecule has 0 spiro atoms. The number of nitrogens with one attached hydrogen (secondary N) is 1. The summed E-state index contributed by atoms with van der Waals surface area (Å²) < 4.78 is 10.6. The number of nitrogens with zero attached hydrogens (tertiary/aromatic N) is 2. The van der Waals surface area contributed by atoms with Gasteiger partial charge >= 0.3 is 0 Å². The molecule has 0 aliphatic rings. The third-order valence-corrected chi connectivity index (χ3v) is 3.23. The molecule has 0 saturated heterocycles. The second kappa shape index (κ2) is 4.85. The topological polar surface area (TPSA) is 60.0 Å². The van der Waals surface area contributed by atoms with E-state index in [1.165, 1.54) is 0 Å². The average Bonchev–Trinajstić information content (AvgIpc) is 2.92. The lowest BCUT2D eigenvalue weighted by Gasteiger charge is -2.06. The summed E-state index contributed by atoms with van der Waals surface area (Å²) in [7, 11) is 3.26. The molecule has 1 aromatic carbocycles. The Morgan fingerprint density at radius 3 is 2.35 bits per heavy atom. The highest BCUT2D eigenvalue weighted by molar-refractivity contribution is 5.79. The Morgan fingerprint density at radius 1 is 1.05 bits per heavy atom. The Balaban J connectivity index is 2.17. The van der Waals surface area contributed by atoms with Crippen molar-refractivity contribution >= 4 is 11.2 Å². The van der Waals surface area contributed by atoms with Crippen LogP contribution in [0.2, 0.25) is 0 Å². The number of ether oxygens (including phenoxy) is 2. The van der Waals surface area contributed by atoms with Gasteiger partial charge in [-0.15, -0.1) is 0 Å². The van der Waals surface area contributed by atoms with Crippen molar-refractivity contribution in [2.75, 3.05) is 14.2 Å². The fourth-order valence-corrected chi connectivity index (χ4v) is 2.12. The Kier molecular flexibility index (Phi) is 3.02. The monoisotopic (exact) mass is 269 g/mol. The number of aryl methyl sites for hydroxylation is 1. The molecule has 0 bridgehead atoms. The van der Waals surface area contributed by atoms with Crippen LogP contribution in [0.3, 0.4) is 0 Å². The van der Waals surface area contributed by atoms with E-state index in [1.54, 1.807) is 20.4 Å². The first-order chi connectivity index (χ1) is 9.71. The lowest BCUT2D eigenvalue weighted by atomic mass is 10.2. The summed E-state index contributed by atoms with van der Waals surface area (Å²) in [5.74, 6) is 2.20. The Hall–Kier alpha value is -2.56. The third-order valence-electron chi connectivity index (χ3n) is 3.23. The minimum atomic E-state index is 0.710. The molecule has 2 heterocycles. The van der Waals surface area contributed by atoms with Crippen molar-refractivity contribution in [2.45, 2.75) is 6.92 Å². The molecule has 3 rings (SSSR count). The van der Waals surface area contributed by atoms with Gasteiger partial charge in [0.25, 0.3) is 0 Å². The zero-order valence-electron chi connectivity index (χ0n) is 11.6. The Bertz CT molecular complexity index is 743. The van der Waals surface area contributed by atoms with E-state index in [4.69, 9.17) is 9.47 Å². The molecular formula is C15H15N3O2. The fourth-order valence-electron chi connectivity index (χ4n) is 2.12. The van der Waals surface area contributed by atoms with E-state index in [0.29, 0.717) is 5.65 Å². The first kappa shape index (κ1) is 12.5. The molecule has 0 saturated carbocycles. The van der Waals surface area contributed by atoms with Crippen molar-refractivity contribution in [3.63, 3.8) is 0 Å². The minimum absolute atomic E-state index is 0.710. The van der Waals surface area contributed by atoms with Crippen LogP contribution in [0.15, 0.2) is 30.5 Å². The number of rotatable bonds is 3. The van der Waals surface area contributed by atoms with Crippen LogP contribution in [-0.2, 0) is 0 Å². The van der Waals surface area contributed by atoms with E-state index in [9.17, 15) is 0 Å². The molecule has 0 atom stereocenters. The van der Waals surface area contributed by atoms with E-state index in [0.717, 1.165) is 34.0 Å². The van der Waals surface area contributed by atoms with Gasteiger partial charge in [-0.25, -0.2) is 9.97 Å². The Labute approximate surface area is 116 Å². The molecule has 0 aliphatic heterocycles. The van der Waals surface area contributed by atoms with Gasteiger partial charge < -0.3 is 14.5 Å². The average molecular weight is 269 g/mol. The van der Waals surface area contributed by atoms with Crippen molar-refractivity contribution in [1.82, 2.24) is 15.0 Å². The van der Waals surface area contributed by atoms with Crippen LogP contribution in [0.5, 0.6) is 11.5 Å². The van der Waals surface area contributed by atoms with E-state index in [1.807, 2.05) is 31.2 Å². The van der Waals surface area contributed by atoms with E-state index < -0.39 is 0 Å². The summed E-state index contributed by atoms with van der Waals surface area (Å²) in [6.45, 7) is 2.03. The van der Waals surface area contributed by atoms with E-state index in [-0.39, 0.29) is 0 Å². The second-order valence-corrected chi connectivity index (χ2v) is 4.51. The maximum absolute atomic E-state index is 5.28. The van der Waals surface area contributed by atoms with E-state index >= 15 is 0 Å². The Morgan fingerprint density at radius 2 is 1.75 bits per heavy atom. The van der Waals surface area contributed by atoms with Crippen molar-refractivity contribution in [1.29, 1.82) is 0 Å². The highest BCUT2D eigenvalue weighted by Crippen LogP contribution is 2.29. The summed E-state index contributed by atoms with van der Waals surface area (Å²) in [6, 6.07) is 7.61. The SMILES string of the molecule is COc1cc(OC)cc(-c2nc3nccc(C)c3[nH]2)c1. The molecule has 0 unspecified atom stereocenters. The van der Waals surface area contributed by atoms with E-state index in [2.05, 4.69) is 15.0 Å². The number of hydrogen-bond acceptors (Lipinski definition) is 4. The number of methoxy groups -OCH3 is 2. The third kappa shape index (κ3) is 2.07. The van der Waals surface area contributed by atoms with Crippen LogP contribution in [0.4, 0.5) is 0 Å². The number of aromatic amines is 1. The summed E-state index contributed by atoms with van der Waals surface area (Å²) in [5, 5.41) is 0. The predicted molar refractivity (Wildman–Crippen MR) is 77.2 cm³/mol. The predicted octanol–water partition coefficient (Wildman–Crippen LogP) is 2.95. The fraction of sp³-hybridized carbons (Fsp3) is 0.200. The molecule has 0 radical (unpaired) electrons. The van der Waals surface area contributed by atoms with Crippen molar-refractivity contribution < 1.29 is 9.47 Å². The van der Waals surface area contributed by atoms with Gasteiger partial charge in [-0.05, 0) is 30.7 Å². The highest BCUT2D eigenvalue weighted by Gasteiger charge is 2.10. The maximum Gasteiger partial charge on any atom is 0.178 e. The van der Waals surface area contributed by atoms with Gasteiger partial charge in [0.15, 0.2) is 5.65 Å². The molecule has 20 heavy (non-hydrogen) atoms. The number of aromatic nitrogens is 3. The molecule has 0 amide bonds.